The molecule has 1 atom stereocenters. The van der Waals surface area contributed by atoms with Crippen LogP contribution in [0.15, 0.2) is 84.9 Å². The highest BCUT2D eigenvalue weighted by atomic mass is 16.5. The van der Waals surface area contributed by atoms with Gasteiger partial charge in [0.25, 0.3) is 5.91 Å². The molecule has 0 spiro atoms. The second-order valence-corrected chi connectivity index (χ2v) is 7.25. The average molecular weight is 410 g/mol. The van der Waals surface area contributed by atoms with E-state index in [0.717, 1.165) is 27.7 Å². The van der Waals surface area contributed by atoms with E-state index in [1.807, 2.05) is 79.7 Å². The smallest absolute Gasteiger partial charge is 0.337 e. The number of esters is 1. The Kier molecular flexibility index (Phi) is 5.76. The first-order valence-corrected chi connectivity index (χ1v) is 10.0. The van der Waals surface area contributed by atoms with Crippen molar-refractivity contribution >= 4 is 22.8 Å². The fourth-order valence-electron chi connectivity index (χ4n) is 3.50. The van der Waals surface area contributed by atoms with Crippen molar-refractivity contribution in [2.24, 2.45) is 0 Å². The number of nitrogens with zero attached hydrogens (tertiary/aromatic N) is 1. The Bertz CT molecular complexity index is 1230. The molecule has 0 saturated carbocycles. The normalized spacial score (nSPS) is 11.7. The summed E-state index contributed by atoms with van der Waals surface area (Å²) >= 11 is 0. The number of benzene rings is 3. The highest BCUT2D eigenvalue weighted by molar-refractivity contribution is 6.07. The van der Waals surface area contributed by atoms with E-state index >= 15 is 0 Å². The fourth-order valence-corrected chi connectivity index (χ4v) is 3.50. The summed E-state index contributed by atoms with van der Waals surface area (Å²) in [4.78, 5) is 29.6. The van der Waals surface area contributed by atoms with Gasteiger partial charge in [-0.15, -0.1) is 0 Å². The maximum absolute atomic E-state index is 13.2. The molecule has 4 rings (SSSR count). The van der Waals surface area contributed by atoms with Gasteiger partial charge < -0.3 is 10.1 Å². The van der Waals surface area contributed by atoms with Gasteiger partial charge in [-0.25, -0.2) is 9.78 Å². The summed E-state index contributed by atoms with van der Waals surface area (Å²) in [6, 6.07) is 26.0. The molecule has 0 fully saturated rings. The minimum atomic E-state index is -0.389. The van der Waals surface area contributed by atoms with E-state index in [0.29, 0.717) is 11.1 Å². The van der Waals surface area contributed by atoms with E-state index in [-0.39, 0.29) is 17.9 Å². The van der Waals surface area contributed by atoms with Crippen molar-refractivity contribution in [2.75, 3.05) is 7.11 Å². The van der Waals surface area contributed by atoms with Gasteiger partial charge in [-0.2, -0.15) is 0 Å². The van der Waals surface area contributed by atoms with Crippen molar-refractivity contribution in [1.82, 2.24) is 10.3 Å². The lowest BCUT2D eigenvalue weighted by atomic mass is 10.0. The zero-order valence-electron chi connectivity index (χ0n) is 17.3. The molecule has 5 heteroatoms. The van der Waals surface area contributed by atoms with Crippen molar-refractivity contribution in [2.45, 2.75) is 13.0 Å². The summed E-state index contributed by atoms with van der Waals surface area (Å²) in [5, 5.41) is 3.86. The van der Waals surface area contributed by atoms with Crippen LogP contribution < -0.4 is 5.32 Å². The summed E-state index contributed by atoms with van der Waals surface area (Å²) in [5.41, 5.74) is 4.40. The lowest BCUT2D eigenvalue weighted by Crippen LogP contribution is -2.27. The Balaban J connectivity index is 1.65. The van der Waals surface area contributed by atoms with Gasteiger partial charge in [0.05, 0.1) is 35.5 Å². The quantitative estimate of drug-likeness (QED) is 0.460. The average Bonchev–Trinajstić information content (AvgIpc) is 2.83. The van der Waals surface area contributed by atoms with E-state index in [1.165, 1.54) is 7.11 Å². The molecular weight excluding hydrogens is 388 g/mol. The molecule has 1 amide bonds. The van der Waals surface area contributed by atoms with Crippen LogP contribution in [0.25, 0.3) is 22.2 Å². The number of ether oxygens (including phenoxy) is 1. The van der Waals surface area contributed by atoms with Crippen LogP contribution in [-0.2, 0) is 4.74 Å². The Labute approximate surface area is 180 Å². The SMILES string of the molecule is COC(=O)c1ccc(C(C)NC(=O)c2cc(-c3ccccc3)nc3ccccc23)cc1. The van der Waals surface area contributed by atoms with Gasteiger partial charge in [-0.3, -0.25) is 4.79 Å². The molecule has 0 aliphatic heterocycles. The predicted octanol–water partition coefficient (Wildman–Crippen LogP) is 5.18. The lowest BCUT2D eigenvalue weighted by Gasteiger charge is -2.16. The predicted molar refractivity (Wildman–Crippen MR) is 121 cm³/mol. The van der Waals surface area contributed by atoms with Crippen LogP contribution in [0.4, 0.5) is 0 Å². The van der Waals surface area contributed by atoms with Crippen LogP contribution in [0.1, 0.15) is 39.2 Å². The third-order valence-electron chi connectivity index (χ3n) is 5.21. The number of rotatable bonds is 5. The van der Waals surface area contributed by atoms with E-state index in [9.17, 15) is 9.59 Å². The Hall–Kier alpha value is -3.99. The van der Waals surface area contributed by atoms with Crippen molar-refractivity contribution < 1.29 is 14.3 Å². The van der Waals surface area contributed by atoms with Gasteiger partial charge in [-0.1, -0.05) is 60.7 Å². The van der Waals surface area contributed by atoms with Crippen molar-refractivity contribution in [1.29, 1.82) is 0 Å². The molecule has 1 aromatic heterocycles. The maximum atomic E-state index is 13.2. The molecular formula is C26H22N2O3. The van der Waals surface area contributed by atoms with Crippen molar-refractivity contribution in [3.63, 3.8) is 0 Å². The largest absolute Gasteiger partial charge is 0.465 e. The minimum Gasteiger partial charge on any atom is -0.465 e. The molecule has 0 radical (unpaired) electrons. The second-order valence-electron chi connectivity index (χ2n) is 7.25. The lowest BCUT2D eigenvalue weighted by molar-refractivity contribution is 0.0600. The monoisotopic (exact) mass is 410 g/mol. The first-order valence-electron chi connectivity index (χ1n) is 10.0. The van der Waals surface area contributed by atoms with Gasteiger partial charge >= 0.3 is 5.97 Å². The van der Waals surface area contributed by atoms with Crippen LogP contribution in [0, 0.1) is 0 Å². The highest BCUT2D eigenvalue weighted by Gasteiger charge is 2.17. The van der Waals surface area contributed by atoms with Gasteiger partial charge in [0.15, 0.2) is 0 Å². The van der Waals surface area contributed by atoms with E-state index < -0.39 is 0 Å². The topological polar surface area (TPSA) is 68.3 Å². The molecule has 154 valence electrons. The molecule has 0 aliphatic carbocycles. The number of para-hydroxylation sites is 1. The number of carbonyl (C=O) groups excluding carboxylic acids is 2. The van der Waals surface area contributed by atoms with Gasteiger partial charge in [0.2, 0.25) is 0 Å². The maximum Gasteiger partial charge on any atom is 0.337 e. The molecule has 5 nitrogen and oxygen atoms in total. The van der Waals surface area contributed by atoms with E-state index in [4.69, 9.17) is 9.72 Å². The number of fused-ring (bicyclic) bond motifs is 1. The molecule has 1 unspecified atom stereocenters. The van der Waals surface area contributed by atoms with Gasteiger partial charge in [-0.05, 0) is 36.8 Å². The molecule has 0 saturated heterocycles. The van der Waals surface area contributed by atoms with Crippen LogP contribution in [0.2, 0.25) is 0 Å². The zero-order chi connectivity index (χ0) is 21.8. The number of hydrogen-bond acceptors (Lipinski definition) is 4. The molecule has 3 aromatic carbocycles. The molecule has 1 heterocycles. The molecule has 0 bridgehead atoms. The number of aromatic nitrogens is 1. The molecule has 0 aliphatic rings. The number of nitrogens with one attached hydrogen (secondary N) is 1. The van der Waals surface area contributed by atoms with E-state index in [1.54, 1.807) is 12.1 Å². The van der Waals surface area contributed by atoms with Crippen LogP contribution in [0.5, 0.6) is 0 Å². The molecule has 31 heavy (non-hydrogen) atoms. The number of pyridine rings is 1. The molecule has 1 N–H and O–H groups in total. The molecule has 4 aromatic rings. The summed E-state index contributed by atoms with van der Waals surface area (Å²) in [7, 11) is 1.35. The Morgan fingerprint density at radius 3 is 2.29 bits per heavy atom. The highest BCUT2D eigenvalue weighted by Crippen LogP contribution is 2.25. The summed E-state index contributed by atoms with van der Waals surface area (Å²) < 4.78 is 4.73. The number of methoxy groups -OCH3 is 1. The standard InChI is InChI=1S/C26H22N2O3/c1-17(18-12-14-20(15-13-18)26(30)31-2)27-25(29)22-16-24(19-8-4-3-5-9-19)28-23-11-7-6-10-21(22)23/h3-17H,1-2H3,(H,27,29). The number of carbonyl (C=O) groups is 2. The van der Waals surface area contributed by atoms with Crippen molar-refractivity contribution in [3.8, 4) is 11.3 Å². The van der Waals surface area contributed by atoms with Gasteiger partial charge in [0.1, 0.15) is 0 Å². The Morgan fingerprint density at radius 1 is 0.903 bits per heavy atom. The van der Waals surface area contributed by atoms with Crippen LogP contribution >= 0.6 is 0 Å². The summed E-state index contributed by atoms with van der Waals surface area (Å²) in [5.74, 6) is -0.569. The van der Waals surface area contributed by atoms with E-state index in [2.05, 4.69) is 5.32 Å². The third kappa shape index (κ3) is 4.31. The third-order valence-corrected chi connectivity index (χ3v) is 5.21. The minimum absolute atomic E-state index is 0.180. The van der Waals surface area contributed by atoms with Gasteiger partial charge in [0, 0.05) is 10.9 Å². The van der Waals surface area contributed by atoms with Crippen molar-refractivity contribution in [3.05, 3.63) is 102 Å². The number of hydrogen-bond donors (Lipinski definition) is 1. The number of amides is 1. The second kappa shape index (κ2) is 8.79. The fraction of sp³-hybridized carbons (Fsp3) is 0.115. The summed E-state index contributed by atoms with van der Waals surface area (Å²) in [6.07, 6.45) is 0. The summed E-state index contributed by atoms with van der Waals surface area (Å²) in [6.45, 7) is 1.91. The zero-order valence-corrected chi connectivity index (χ0v) is 17.3. The van der Waals surface area contributed by atoms with Crippen LogP contribution in [-0.4, -0.2) is 24.0 Å². The Morgan fingerprint density at radius 2 is 1.58 bits per heavy atom. The first kappa shape index (κ1) is 20.3. The first-order chi connectivity index (χ1) is 15.1. The van der Waals surface area contributed by atoms with Crippen LogP contribution in [0.3, 0.4) is 0 Å².